The van der Waals surface area contributed by atoms with Crippen LogP contribution in [0.1, 0.15) is 6.92 Å². The minimum absolute atomic E-state index is 0.104. The van der Waals surface area contributed by atoms with Gasteiger partial charge < -0.3 is 25.8 Å². The molecule has 0 spiro atoms. The van der Waals surface area contributed by atoms with E-state index in [-0.39, 0.29) is 11.9 Å². The van der Waals surface area contributed by atoms with Crippen LogP contribution in [0.2, 0.25) is 0 Å². The van der Waals surface area contributed by atoms with E-state index in [1.807, 2.05) is 0 Å². The number of hydrogen-bond acceptors (Lipinski definition) is 5. The molecule has 19 heavy (non-hydrogen) atoms. The van der Waals surface area contributed by atoms with Gasteiger partial charge in [0.05, 0.1) is 25.1 Å². The van der Waals surface area contributed by atoms with E-state index in [1.54, 1.807) is 39.3 Å². The Hall–Kier alpha value is -1.95. The van der Waals surface area contributed by atoms with Gasteiger partial charge in [-0.2, -0.15) is 0 Å². The summed E-state index contributed by atoms with van der Waals surface area (Å²) in [6.07, 6.45) is 0. The zero-order chi connectivity index (χ0) is 14.3. The van der Waals surface area contributed by atoms with Gasteiger partial charge in [-0.05, 0) is 19.1 Å². The van der Waals surface area contributed by atoms with Crippen LogP contribution in [0, 0.1) is 0 Å². The van der Waals surface area contributed by atoms with E-state index < -0.39 is 0 Å². The molecular formula is C13H21N3O3. The maximum atomic E-state index is 11.8. The third kappa shape index (κ3) is 4.67. The minimum Gasteiger partial charge on any atom is -0.497 e. The van der Waals surface area contributed by atoms with E-state index in [4.69, 9.17) is 15.2 Å². The molecule has 0 heterocycles. The lowest BCUT2D eigenvalue weighted by molar-refractivity contribution is -0.121. The number of nitrogens with two attached hydrogens (primary N) is 1. The Morgan fingerprint density at radius 3 is 2.74 bits per heavy atom. The summed E-state index contributed by atoms with van der Waals surface area (Å²) in [4.78, 5) is 11.8. The van der Waals surface area contributed by atoms with Crippen molar-refractivity contribution in [3.8, 4) is 5.75 Å². The quantitative estimate of drug-likeness (QED) is 0.503. The van der Waals surface area contributed by atoms with Gasteiger partial charge in [0, 0.05) is 19.7 Å². The summed E-state index contributed by atoms with van der Waals surface area (Å²) in [6.45, 7) is 2.74. The van der Waals surface area contributed by atoms with E-state index in [0.29, 0.717) is 30.3 Å². The van der Waals surface area contributed by atoms with Crippen LogP contribution in [0.15, 0.2) is 18.2 Å². The standard InChI is InChI=1S/C13H21N3O3/c1-9(13(17)15-6-7-18-2)16-12-5-4-10(19-3)8-11(12)14/h4-5,8-9,16H,6-7,14H2,1-3H3,(H,15,17). The van der Waals surface area contributed by atoms with Crippen LogP contribution in [0.5, 0.6) is 5.75 Å². The van der Waals surface area contributed by atoms with E-state index in [9.17, 15) is 4.79 Å². The first kappa shape index (κ1) is 15.1. The highest BCUT2D eigenvalue weighted by molar-refractivity contribution is 5.85. The molecule has 0 saturated carbocycles. The molecule has 4 N–H and O–H groups in total. The molecule has 1 atom stereocenters. The summed E-state index contributed by atoms with van der Waals surface area (Å²) in [7, 11) is 3.17. The smallest absolute Gasteiger partial charge is 0.242 e. The van der Waals surface area contributed by atoms with Crippen molar-refractivity contribution < 1.29 is 14.3 Å². The predicted octanol–water partition coefficient (Wildman–Crippen LogP) is 0.840. The van der Waals surface area contributed by atoms with Crippen LogP contribution in [0.4, 0.5) is 11.4 Å². The molecule has 1 rings (SSSR count). The van der Waals surface area contributed by atoms with Gasteiger partial charge in [0.2, 0.25) is 5.91 Å². The number of carbonyl (C=O) groups is 1. The number of rotatable bonds is 7. The molecule has 0 radical (unpaired) electrons. The topological polar surface area (TPSA) is 85.6 Å². The fourth-order valence-corrected chi connectivity index (χ4v) is 1.53. The van der Waals surface area contributed by atoms with Gasteiger partial charge in [-0.25, -0.2) is 0 Å². The highest BCUT2D eigenvalue weighted by Gasteiger charge is 2.13. The van der Waals surface area contributed by atoms with Crippen LogP contribution in [-0.2, 0) is 9.53 Å². The zero-order valence-electron chi connectivity index (χ0n) is 11.5. The third-order valence-corrected chi connectivity index (χ3v) is 2.63. The third-order valence-electron chi connectivity index (χ3n) is 2.63. The van der Waals surface area contributed by atoms with Gasteiger partial charge in [-0.15, -0.1) is 0 Å². The Balaban J connectivity index is 2.56. The highest BCUT2D eigenvalue weighted by atomic mass is 16.5. The number of carbonyl (C=O) groups excluding carboxylic acids is 1. The van der Waals surface area contributed by atoms with E-state index in [0.717, 1.165) is 0 Å². The average molecular weight is 267 g/mol. The summed E-state index contributed by atoms with van der Waals surface area (Å²) < 4.78 is 9.93. The maximum Gasteiger partial charge on any atom is 0.242 e. The summed E-state index contributed by atoms with van der Waals surface area (Å²) in [6, 6.07) is 4.90. The van der Waals surface area contributed by atoms with Crippen molar-refractivity contribution >= 4 is 17.3 Å². The Labute approximate surface area is 113 Å². The van der Waals surface area contributed by atoms with Crippen LogP contribution < -0.4 is 21.1 Å². The first-order valence-electron chi connectivity index (χ1n) is 6.05. The van der Waals surface area contributed by atoms with Gasteiger partial charge >= 0.3 is 0 Å². The molecule has 0 aromatic heterocycles. The van der Waals surface area contributed by atoms with Crippen molar-refractivity contribution in [1.82, 2.24) is 5.32 Å². The number of benzene rings is 1. The summed E-state index contributed by atoms with van der Waals surface area (Å²) in [5.74, 6) is 0.576. The van der Waals surface area contributed by atoms with Gasteiger partial charge in [-0.1, -0.05) is 0 Å². The van der Waals surface area contributed by atoms with Crippen molar-refractivity contribution in [1.29, 1.82) is 0 Å². The van der Waals surface area contributed by atoms with Crippen molar-refractivity contribution in [3.63, 3.8) is 0 Å². The number of methoxy groups -OCH3 is 2. The normalized spacial score (nSPS) is 11.7. The highest BCUT2D eigenvalue weighted by Crippen LogP contribution is 2.24. The molecule has 1 aromatic rings. The number of hydrogen-bond donors (Lipinski definition) is 3. The Bertz CT molecular complexity index is 424. The van der Waals surface area contributed by atoms with E-state index >= 15 is 0 Å². The molecule has 1 aromatic carbocycles. The molecule has 0 fully saturated rings. The first-order valence-corrected chi connectivity index (χ1v) is 6.05. The molecular weight excluding hydrogens is 246 g/mol. The molecule has 0 aliphatic carbocycles. The summed E-state index contributed by atoms with van der Waals surface area (Å²) in [5, 5.41) is 5.81. The number of nitrogen functional groups attached to an aromatic ring is 1. The monoisotopic (exact) mass is 267 g/mol. The molecule has 0 aliphatic rings. The average Bonchev–Trinajstić information content (AvgIpc) is 2.41. The largest absolute Gasteiger partial charge is 0.497 e. The second-order valence-electron chi connectivity index (χ2n) is 4.10. The van der Waals surface area contributed by atoms with E-state index in [1.165, 1.54) is 0 Å². The van der Waals surface area contributed by atoms with Gasteiger partial charge in [0.15, 0.2) is 0 Å². The van der Waals surface area contributed by atoms with Crippen molar-refractivity contribution in [2.75, 3.05) is 38.4 Å². The predicted molar refractivity (Wildman–Crippen MR) is 75.4 cm³/mol. The molecule has 6 heteroatoms. The first-order chi connectivity index (χ1) is 9.08. The van der Waals surface area contributed by atoms with Gasteiger partial charge in [-0.3, -0.25) is 4.79 Å². The Morgan fingerprint density at radius 1 is 1.42 bits per heavy atom. The Kier molecular flexibility index (Phi) is 5.95. The fourth-order valence-electron chi connectivity index (χ4n) is 1.53. The van der Waals surface area contributed by atoms with Crippen LogP contribution in [0.3, 0.4) is 0 Å². The second kappa shape index (κ2) is 7.48. The van der Waals surface area contributed by atoms with Crippen molar-refractivity contribution in [2.24, 2.45) is 0 Å². The molecule has 0 aliphatic heterocycles. The lowest BCUT2D eigenvalue weighted by Gasteiger charge is -2.17. The number of anilines is 2. The molecule has 1 unspecified atom stereocenters. The van der Waals surface area contributed by atoms with Crippen LogP contribution >= 0.6 is 0 Å². The fraction of sp³-hybridized carbons (Fsp3) is 0.462. The molecule has 106 valence electrons. The number of nitrogens with one attached hydrogen (secondary N) is 2. The Morgan fingerprint density at radius 2 is 2.16 bits per heavy atom. The molecule has 1 amide bonds. The number of ether oxygens (including phenoxy) is 2. The summed E-state index contributed by atoms with van der Waals surface area (Å²) in [5.41, 5.74) is 7.11. The van der Waals surface area contributed by atoms with Crippen LogP contribution in [-0.4, -0.2) is 39.3 Å². The lowest BCUT2D eigenvalue weighted by atomic mass is 10.2. The van der Waals surface area contributed by atoms with E-state index in [2.05, 4.69) is 10.6 Å². The molecule has 0 bridgehead atoms. The van der Waals surface area contributed by atoms with Crippen molar-refractivity contribution in [2.45, 2.75) is 13.0 Å². The number of amides is 1. The lowest BCUT2D eigenvalue weighted by Crippen LogP contribution is -2.39. The zero-order valence-corrected chi connectivity index (χ0v) is 11.5. The summed E-state index contributed by atoms with van der Waals surface area (Å²) >= 11 is 0. The van der Waals surface area contributed by atoms with Gasteiger partial charge in [0.25, 0.3) is 0 Å². The van der Waals surface area contributed by atoms with Crippen molar-refractivity contribution in [3.05, 3.63) is 18.2 Å². The molecule has 6 nitrogen and oxygen atoms in total. The molecule has 0 saturated heterocycles. The maximum absolute atomic E-state index is 11.8. The van der Waals surface area contributed by atoms with Gasteiger partial charge in [0.1, 0.15) is 11.8 Å². The SMILES string of the molecule is COCCNC(=O)C(C)Nc1ccc(OC)cc1N. The minimum atomic E-state index is -0.382. The van der Waals surface area contributed by atoms with Crippen LogP contribution in [0.25, 0.3) is 0 Å². The second-order valence-corrected chi connectivity index (χ2v) is 4.10.